The lowest BCUT2D eigenvalue weighted by molar-refractivity contribution is 0.606. The van der Waals surface area contributed by atoms with Crippen molar-refractivity contribution in [1.82, 2.24) is 9.55 Å². The van der Waals surface area contributed by atoms with Crippen LogP contribution in [0.1, 0.15) is 38.4 Å². The van der Waals surface area contributed by atoms with Gasteiger partial charge in [0.05, 0.1) is 21.1 Å². The number of benzene rings is 1. The number of hydrogen-bond acceptors (Lipinski definition) is 1. The van der Waals surface area contributed by atoms with Gasteiger partial charge in [0, 0.05) is 13.0 Å². The highest BCUT2D eigenvalue weighted by molar-refractivity contribution is 6.42. The third-order valence-electron chi connectivity index (χ3n) is 3.12. The minimum Gasteiger partial charge on any atom is -0.331 e. The van der Waals surface area contributed by atoms with Crippen molar-refractivity contribution in [2.75, 3.05) is 0 Å². The van der Waals surface area contributed by atoms with Crippen LogP contribution in [0.15, 0.2) is 12.1 Å². The van der Waals surface area contributed by atoms with Crippen LogP contribution in [0, 0.1) is 0 Å². The zero-order chi connectivity index (χ0) is 12.6. The largest absolute Gasteiger partial charge is 0.331 e. The molecule has 1 heterocycles. The highest BCUT2D eigenvalue weighted by Crippen LogP contribution is 2.30. The Bertz CT molecular complexity index is 546. The summed E-state index contributed by atoms with van der Waals surface area (Å²) in [4.78, 5) is 4.65. The maximum Gasteiger partial charge on any atom is 0.112 e. The van der Waals surface area contributed by atoms with Crippen LogP contribution in [0.2, 0.25) is 10.0 Å². The Kier molecular flexibility index (Phi) is 3.64. The first-order valence-electron chi connectivity index (χ1n) is 5.86. The van der Waals surface area contributed by atoms with Gasteiger partial charge in [-0.1, -0.05) is 43.5 Å². The monoisotopic (exact) mass is 270 g/mol. The SMILES string of the molecule is CCCC(C)c1nc2cc(Cl)c(Cl)cc2n1C. The normalized spacial score (nSPS) is 13.2. The van der Waals surface area contributed by atoms with Gasteiger partial charge in [0.25, 0.3) is 0 Å². The van der Waals surface area contributed by atoms with Gasteiger partial charge in [0.2, 0.25) is 0 Å². The summed E-state index contributed by atoms with van der Waals surface area (Å²) in [6, 6.07) is 3.72. The Labute approximate surface area is 112 Å². The fourth-order valence-electron chi connectivity index (χ4n) is 2.21. The van der Waals surface area contributed by atoms with Crippen molar-refractivity contribution in [3.8, 4) is 0 Å². The quantitative estimate of drug-likeness (QED) is 0.785. The highest BCUT2D eigenvalue weighted by Gasteiger charge is 2.15. The fourth-order valence-corrected chi connectivity index (χ4v) is 2.52. The van der Waals surface area contributed by atoms with Gasteiger partial charge in [0.15, 0.2) is 0 Å². The van der Waals surface area contributed by atoms with E-state index in [1.54, 1.807) is 0 Å². The van der Waals surface area contributed by atoms with Gasteiger partial charge in [-0.2, -0.15) is 0 Å². The molecule has 0 N–H and O–H groups in total. The highest BCUT2D eigenvalue weighted by atomic mass is 35.5. The second-order valence-electron chi connectivity index (χ2n) is 4.47. The number of imidazole rings is 1. The average molecular weight is 271 g/mol. The molecule has 4 heteroatoms. The van der Waals surface area contributed by atoms with Crippen LogP contribution >= 0.6 is 23.2 Å². The summed E-state index contributed by atoms with van der Waals surface area (Å²) in [5.74, 6) is 1.55. The maximum absolute atomic E-state index is 6.04. The summed E-state index contributed by atoms with van der Waals surface area (Å²) in [6.07, 6.45) is 2.30. The lowest BCUT2D eigenvalue weighted by Crippen LogP contribution is -2.02. The molecule has 0 spiro atoms. The number of nitrogens with zero attached hydrogens (tertiary/aromatic N) is 2. The fraction of sp³-hybridized carbons (Fsp3) is 0.462. The molecule has 1 aromatic heterocycles. The molecule has 1 unspecified atom stereocenters. The second kappa shape index (κ2) is 4.87. The molecular formula is C13H16Cl2N2. The summed E-state index contributed by atoms with van der Waals surface area (Å²) in [7, 11) is 2.03. The molecule has 0 saturated heterocycles. The van der Waals surface area contributed by atoms with Crippen LogP contribution in [0.25, 0.3) is 11.0 Å². The minimum atomic E-state index is 0.454. The first-order chi connectivity index (χ1) is 8.04. The first-order valence-corrected chi connectivity index (χ1v) is 6.61. The van der Waals surface area contributed by atoms with Gasteiger partial charge in [-0.05, 0) is 18.6 Å². The van der Waals surface area contributed by atoms with Crippen molar-refractivity contribution < 1.29 is 0 Å². The molecule has 0 saturated carbocycles. The third kappa shape index (κ3) is 2.29. The van der Waals surface area contributed by atoms with Gasteiger partial charge in [-0.15, -0.1) is 0 Å². The van der Waals surface area contributed by atoms with E-state index < -0.39 is 0 Å². The molecule has 1 atom stereocenters. The van der Waals surface area contributed by atoms with E-state index >= 15 is 0 Å². The molecule has 0 aliphatic rings. The van der Waals surface area contributed by atoms with Crippen LogP contribution in [0.4, 0.5) is 0 Å². The van der Waals surface area contributed by atoms with E-state index in [2.05, 4.69) is 23.4 Å². The van der Waals surface area contributed by atoms with E-state index in [1.807, 2.05) is 19.2 Å². The van der Waals surface area contributed by atoms with Crippen LogP contribution in [-0.4, -0.2) is 9.55 Å². The van der Waals surface area contributed by atoms with Crippen molar-refractivity contribution in [1.29, 1.82) is 0 Å². The summed E-state index contributed by atoms with van der Waals surface area (Å²) < 4.78 is 2.11. The number of aromatic nitrogens is 2. The average Bonchev–Trinajstić information content (AvgIpc) is 2.58. The molecule has 0 bridgehead atoms. The van der Waals surface area contributed by atoms with Crippen molar-refractivity contribution >= 4 is 34.2 Å². The standard InChI is InChI=1S/C13H16Cl2N2/c1-4-5-8(2)13-16-11-6-9(14)10(15)7-12(11)17(13)3/h6-8H,4-5H2,1-3H3. The van der Waals surface area contributed by atoms with Gasteiger partial charge < -0.3 is 4.57 Å². The van der Waals surface area contributed by atoms with Gasteiger partial charge in [-0.25, -0.2) is 4.98 Å². The molecule has 2 aromatic rings. The molecule has 92 valence electrons. The van der Waals surface area contributed by atoms with E-state index in [0.29, 0.717) is 16.0 Å². The van der Waals surface area contributed by atoms with Crippen LogP contribution in [-0.2, 0) is 7.05 Å². The molecule has 1 aromatic carbocycles. The van der Waals surface area contributed by atoms with Gasteiger partial charge >= 0.3 is 0 Å². The number of halogens is 2. The first kappa shape index (κ1) is 12.7. The number of aryl methyl sites for hydroxylation is 1. The zero-order valence-electron chi connectivity index (χ0n) is 10.3. The Morgan fingerprint density at radius 3 is 2.59 bits per heavy atom. The molecule has 2 rings (SSSR count). The lowest BCUT2D eigenvalue weighted by atomic mass is 10.1. The molecule has 17 heavy (non-hydrogen) atoms. The Morgan fingerprint density at radius 1 is 1.29 bits per heavy atom. The second-order valence-corrected chi connectivity index (χ2v) is 5.29. The van der Waals surface area contributed by atoms with E-state index in [-0.39, 0.29) is 0 Å². The van der Waals surface area contributed by atoms with Crippen LogP contribution in [0.3, 0.4) is 0 Å². The van der Waals surface area contributed by atoms with Gasteiger partial charge in [-0.3, -0.25) is 0 Å². The molecule has 0 amide bonds. The number of fused-ring (bicyclic) bond motifs is 1. The van der Waals surface area contributed by atoms with Gasteiger partial charge in [0.1, 0.15) is 5.82 Å². The maximum atomic E-state index is 6.04. The van der Waals surface area contributed by atoms with Crippen LogP contribution < -0.4 is 0 Å². The van der Waals surface area contributed by atoms with Crippen LogP contribution in [0.5, 0.6) is 0 Å². The Hall–Kier alpha value is -0.730. The summed E-state index contributed by atoms with van der Waals surface area (Å²) in [6.45, 7) is 4.39. The molecule has 0 radical (unpaired) electrons. The molecule has 0 aliphatic carbocycles. The summed E-state index contributed by atoms with van der Waals surface area (Å²) in [5.41, 5.74) is 1.96. The van der Waals surface area contributed by atoms with E-state index in [0.717, 1.165) is 29.7 Å². The zero-order valence-corrected chi connectivity index (χ0v) is 11.8. The Morgan fingerprint density at radius 2 is 1.94 bits per heavy atom. The predicted molar refractivity (Wildman–Crippen MR) is 74.1 cm³/mol. The minimum absolute atomic E-state index is 0.454. The van der Waals surface area contributed by atoms with Crippen molar-refractivity contribution in [3.05, 3.63) is 28.0 Å². The van der Waals surface area contributed by atoms with Crippen molar-refractivity contribution in [2.24, 2.45) is 7.05 Å². The van der Waals surface area contributed by atoms with E-state index in [4.69, 9.17) is 23.2 Å². The van der Waals surface area contributed by atoms with E-state index in [1.165, 1.54) is 0 Å². The molecule has 2 nitrogen and oxygen atoms in total. The van der Waals surface area contributed by atoms with Crippen molar-refractivity contribution in [3.63, 3.8) is 0 Å². The van der Waals surface area contributed by atoms with E-state index in [9.17, 15) is 0 Å². The summed E-state index contributed by atoms with van der Waals surface area (Å²) in [5, 5.41) is 1.14. The van der Waals surface area contributed by atoms with Crippen molar-refractivity contribution in [2.45, 2.75) is 32.6 Å². The topological polar surface area (TPSA) is 17.8 Å². The number of hydrogen-bond donors (Lipinski definition) is 0. The predicted octanol–water partition coefficient (Wildman–Crippen LogP) is 4.78. The molecular weight excluding hydrogens is 255 g/mol. The number of rotatable bonds is 3. The molecule has 0 aliphatic heterocycles. The lowest BCUT2D eigenvalue weighted by Gasteiger charge is -2.09. The smallest absolute Gasteiger partial charge is 0.112 e. The molecule has 0 fully saturated rings. The Balaban J connectivity index is 2.56. The summed E-state index contributed by atoms with van der Waals surface area (Å²) >= 11 is 12.0. The third-order valence-corrected chi connectivity index (χ3v) is 3.84.